The number of hydrogen-bond donors (Lipinski definition) is 1. The molecule has 1 aromatic heterocycles. The van der Waals surface area contributed by atoms with Crippen LogP contribution in [0.3, 0.4) is 0 Å². The number of amides is 1. The molecule has 1 aliphatic carbocycles. The molecule has 0 unspecified atom stereocenters. The lowest BCUT2D eigenvalue weighted by Gasteiger charge is -2.22. The molecule has 1 fully saturated rings. The highest BCUT2D eigenvalue weighted by molar-refractivity contribution is 6.32. The molecule has 1 heterocycles. The van der Waals surface area contributed by atoms with Gasteiger partial charge in [0.2, 0.25) is 5.75 Å². The highest BCUT2D eigenvalue weighted by Crippen LogP contribution is 2.36. The Morgan fingerprint density at radius 3 is 2.63 bits per heavy atom. The summed E-state index contributed by atoms with van der Waals surface area (Å²) in [6.45, 7) is -0.575. The number of benzene rings is 3. The summed E-state index contributed by atoms with van der Waals surface area (Å²) in [7, 11) is 0. The molecule has 0 spiro atoms. The van der Waals surface area contributed by atoms with Crippen LogP contribution >= 0.6 is 11.6 Å². The number of carbonyl (C=O) groups excluding carboxylic acids is 1. The fourth-order valence-electron chi connectivity index (χ4n) is 4.82. The predicted molar refractivity (Wildman–Crippen MR) is 153 cm³/mol. The number of nitro groups is 1. The highest BCUT2D eigenvalue weighted by Gasteiger charge is 2.24. The van der Waals surface area contributed by atoms with Gasteiger partial charge in [-0.3, -0.25) is 19.7 Å². The van der Waals surface area contributed by atoms with Gasteiger partial charge in [-0.05, 0) is 55.3 Å². The molecule has 1 amide bonds. The molecule has 5 rings (SSSR count). The minimum absolute atomic E-state index is 0.0629. The van der Waals surface area contributed by atoms with Crippen molar-refractivity contribution < 1.29 is 18.8 Å². The maximum atomic E-state index is 13.4. The minimum Gasteiger partial charge on any atom is -0.476 e. The highest BCUT2D eigenvalue weighted by atomic mass is 35.5. The van der Waals surface area contributed by atoms with Gasteiger partial charge in [-0.15, -0.1) is 0 Å². The van der Waals surface area contributed by atoms with Gasteiger partial charge in [0.25, 0.3) is 11.5 Å². The smallest absolute Gasteiger partial charge is 0.313 e. The van der Waals surface area contributed by atoms with Crippen molar-refractivity contribution in [3.05, 3.63) is 103 Å². The van der Waals surface area contributed by atoms with Crippen molar-refractivity contribution in [2.24, 2.45) is 5.10 Å². The number of nitrogens with one attached hydrogen (secondary N) is 1. The lowest BCUT2D eigenvalue weighted by atomic mass is 9.88. The van der Waals surface area contributed by atoms with E-state index in [1.807, 2.05) is 6.07 Å². The number of ether oxygens (including phenoxy) is 1. The van der Waals surface area contributed by atoms with Crippen LogP contribution in [0.5, 0.6) is 5.75 Å². The van der Waals surface area contributed by atoms with Crippen LogP contribution in [0.15, 0.2) is 70.6 Å². The molecule has 210 valence electrons. The molecule has 4 aromatic rings. The van der Waals surface area contributed by atoms with E-state index in [2.05, 4.69) is 10.4 Å². The van der Waals surface area contributed by atoms with Gasteiger partial charge in [-0.1, -0.05) is 43.0 Å². The Hall–Kier alpha value is -4.64. The van der Waals surface area contributed by atoms with Crippen LogP contribution in [0.2, 0.25) is 5.02 Å². The van der Waals surface area contributed by atoms with Crippen molar-refractivity contribution in [3.8, 4) is 5.75 Å². The van der Waals surface area contributed by atoms with Crippen LogP contribution in [0.1, 0.15) is 49.4 Å². The summed E-state index contributed by atoms with van der Waals surface area (Å²) in [6, 6.07) is 14.7. The lowest BCUT2D eigenvalue weighted by molar-refractivity contribution is -0.385. The molecule has 1 N–H and O–H groups in total. The fraction of sp³-hybridized carbons (Fsp3) is 0.241. The Bertz CT molecular complexity index is 1700. The van der Waals surface area contributed by atoms with Gasteiger partial charge in [-0.2, -0.15) is 9.78 Å². The van der Waals surface area contributed by atoms with Gasteiger partial charge in [0.15, 0.2) is 6.61 Å². The minimum atomic E-state index is -0.687. The van der Waals surface area contributed by atoms with Crippen molar-refractivity contribution >= 4 is 46.0 Å². The Morgan fingerprint density at radius 1 is 1.17 bits per heavy atom. The van der Waals surface area contributed by atoms with Crippen LogP contribution in [0.4, 0.5) is 15.8 Å². The molecular formula is C29H25ClFN5O5. The van der Waals surface area contributed by atoms with E-state index >= 15 is 0 Å². The molecule has 3 aromatic carbocycles. The van der Waals surface area contributed by atoms with Crippen molar-refractivity contribution in [2.45, 2.75) is 38.0 Å². The van der Waals surface area contributed by atoms with E-state index in [4.69, 9.17) is 21.3 Å². The summed E-state index contributed by atoms with van der Waals surface area (Å²) in [5.74, 6) is -0.760. The van der Waals surface area contributed by atoms with Crippen molar-refractivity contribution in [1.29, 1.82) is 0 Å². The summed E-state index contributed by atoms with van der Waals surface area (Å²) in [4.78, 5) is 41.6. The molecule has 0 atom stereocenters. The van der Waals surface area contributed by atoms with Gasteiger partial charge in [0.05, 0.1) is 27.1 Å². The number of fused-ring (bicyclic) bond motifs is 1. The van der Waals surface area contributed by atoms with E-state index in [9.17, 15) is 24.1 Å². The van der Waals surface area contributed by atoms with Crippen LogP contribution < -0.4 is 15.6 Å². The number of para-hydroxylation sites is 1. The van der Waals surface area contributed by atoms with Crippen molar-refractivity contribution in [2.75, 3.05) is 11.9 Å². The number of halogens is 2. The molecule has 0 saturated heterocycles. The van der Waals surface area contributed by atoms with Crippen molar-refractivity contribution in [1.82, 2.24) is 9.66 Å². The van der Waals surface area contributed by atoms with Gasteiger partial charge in [0.1, 0.15) is 11.6 Å². The molecule has 0 radical (unpaired) electrons. The third-order valence-corrected chi connectivity index (χ3v) is 7.07. The van der Waals surface area contributed by atoms with Gasteiger partial charge in [0, 0.05) is 23.2 Å². The SMILES string of the molecule is O=C(COc1c(Cl)cc(C=Nn2c(C3CCCCC3)nc3ccccc3c2=O)cc1[N+](=O)[O-])Nc1ccc(F)cc1. The number of nitro benzene ring substituents is 1. The Labute approximate surface area is 238 Å². The number of nitrogens with zero attached hydrogens (tertiary/aromatic N) is 4. The molecule has 1 saturated carbocycles. The molecule has 1 aliphatic rings. The zero-order valence-electron chi connectivity index (χ0n) is 21.8. The first-order valence-electron chi connectivity index (χ1n) is 13.0. The first-order chi connectivity index (χ1) is 19.8. The van der Waals surface area contributed by atoms with E-state index in [0.29, 0.717) is 22.4 Å². The third-order valence-electron chi connectivity index (χ3n) is 6.79. The van der Waals surface area contributed by atoms with Crippen LogP contribution in [0, 0.1) is 15.9 Å². The molecule has 0 aliphatic heterocycles. The predicted octanol–water partition coefficient (Wildman–Crippen LogP) is 6.04. The van der Waals surface area contributed by atoms with Crippen LogP contribution in [0.25, 0.3) is 10.9 Å². The van der Waals surface area contributed by atoms with Crippen LogP contribution in [-0.2, 0) is 4.79 Å². The normalized spacial score (nSPS) is 13.9. The summed E-state index contributed by atoms with van der Waals surface area (Å²) < 4.78 is 19.8. The monoisotopic (exact) mass is 577 g/mol. The maximum absolute atomic E-state index is 13.4. The number of aromatic nitrogens is 2. The molecule has 12 heteroatoms. The standard InChI is InChI=1S/C29H25ClFN5O5/c30-23-14-18(15-25(36(39)40)27(23)41-17-26(37)33-21-12-10-20(31)11-13-21)16-32-35-28(19-6-2-1-3-7-19)34-24-9-5-4-8-22(24)29(35)38/h4-5,8-16,19H,1-3,6-7,17H2,(H,33,37). The largest absolute Gasteiger partial charge is 0.476 e. The first kappa shape index (κ1) is 27.9. The summed E-state index contributed by atoms with van der Waals surface area (Å²) >= 11 is 6.34. The summed E-state index contributed by atoms with van der Waals surface area (Å²) in [5.41, 5.74) is 0.357. The Morgan fingerprint density at radius 2 is 1.90 bits per heavy atom. The summed E-state index contributed by atoms with van der Waals surface area (Å²) in [5, 5.41) is 19.1. The van der Waals surface area contributed by atoms with E-state index in [1.54, 1.807) is 18.2 Å². The Kier molecular flexibility index (Phi) is 8.34. The average molecular weight is 578 g/mol. The number of hydrogen-bond acceptors (Lipinski definition) is 7. The topological polar surface area (TPSA) is 129 Å². The number of rotatable bonds is 8. The van der Waals surface area contributed by atoms with Gasteiger partial charge >= 0.3 is 5.69 Å². The fourth-order valence-corrected chi connectivity index (χ4v) is 5.10. The summed E-state index contributed by atoms with van der Waals surface area (Å²) in [6.07, 6.45) is 6.28. The van der Waals surface area contributed by atoms with Gasteiger partial charge < -0.3 is 10.1 Å². The third kappa shape index (κ3) is 6.41. The van der Waals surface area contributed by atoms with E-state index in [-0.39, 0.29) is 27.8 Å². The van der Waals surface area contributed by atoms with E-state index in [0.717, 1.165) is 32.1 Å². The number of carbonyl (C=O) groups is 1. The van der Waals surface area contributed by atoms with Gasteiger partial charge in [-0.25, -0.2) is 9.37 Å². The second-order valence-electron chi connectivity index (χ2n) is 9.64. The zero-order valence-corrected chi connectivity index (χ0v) is 22.5. The van der Waals surface area contributed by atoms with E-state index < -0.39 is 28.9 Å². The first-order valence-corrected chi connectivity index (χ1v) is 13.4. The average Bonchev–Trinajstić information content (AvgIpc) is 2.97. The Balaban J connectivity index is 1.42. The number of anilines is 1. The zero-order chi connectivity index (χ0) is 28.9. The lowest BCUT2D eigenvalue weighted by Crippen LogP contribution is -2.25. The van der Waals surface area contributed by atoms with Crippen LogP contribution in [-0.4, -0.2) is 33.3 Å². The maximum Gasteiger partial charge on any atom is 0.313 e. The second-order valence-corrected chi connectivity index (χ2v) is 10.0. The van der Waals surface area contributed by atoms with E-state index in [1.165, 1.54) is 47.3 Å². The molecule has 10 nitrogen and oxygen atoms in total. The molecule has 41 heavy (non-hydrogen) atoms. The molecular weight excluding hydrogens is 553 g/mol. The quantitative estimate of drug-likeness (QED) is 0.154. The van der Waals surface area contributed by atoms with Crippen molar-refractivity contribution in [3.63, 3.8) is 0 Å². The second kappa shape index (κ2) is 12.3. The molecule has 0 bridgehead atoms.